The van der Waals surface area contributed by atoms with Crippen molar-refractivity contribution >= 4 is 35.0 Å². The van der Waals surface area contributed by atoms with Crippen LogP contribution >= 0.6 is 12.2 Å². The van der Waals surface area contributed by atoms with Crippen molar-refractivity contribution in [2.45, 2.75) is 25.8 Å². The number of carbonyl (C=O) groups is 3. The molecule has 1 aliphatic rings. The number of likely N-dealkylation sites (tertiary alicyclic amines) is 1. The van der Waals surface area contributed by atoms with Crippen LogP contribution in [-0.2, 0) is 19.1 Å². The van der Waals surface area contributed by atoms with Crippen molar-refractivity contribution in [2.24, 2.45) is 5.73 Å². The van der Waals surface area contributed by atoms with Crippen LogP contribution in [0.3, 0.4) is 0 Å². The fraction of sp³-hybridized carbons (Fsp3) is 0.636. The zero-order valence-electron chi connectivity index (χ0n) is 10.7. The normalized spacial score (nSPS) is 17.9. The largest absolute Gasteiger partial charge is 0.464 e. The minimum absolute atomic E-state index is 0.0438. The van der Waals surface area contributed by atoms with Crippen molar-refractivity contribution in [3.8, 4) is 0 Å². The van der Waals surface area contributed by atoms with Crippen molar-refractivity contribution in [3.63, 3.8) is 0 Å². The zero-order valence-corrected chi connectivity index (χ0v) is 11.5. The Bertz CT molecular complexity index is 399. The van der Waals surface area contributed by atoms with Crippen LogP contribution in [0, 0.1) is 0 Å². The Morgan fingerprint density at radius 1 is 1.47 bits per heavy atom. The highest BCUT2D eigenvalue weighted by molar-refractivity contribution is 7.80. The highest BCUT2D eigenvalue weighted by atomic mass is 32.1. The highest BCUT2D eigenvalue weighted by Gasteiger charge is 2.37. The summed E-state index contributed by atoms with van der Waals surface area (Å²) < 4.78 is 4.88. The minimum atomic E-state index is -0.816. The summed E-state index contributed by atoms with van der Waals surface area (Å²) in [4.78, 5) is 36.5. The molecule has 0 aromatic rings. The third kappa shape index (κ3) is 4.16. The van der Waals surface area contributed by atoms with Crippen molar-refractivity contribution in [2.75, 3.05) is 19.7 Å². The number of nitrogens with one attached hydrogen (secondary N) is 1. The Morgan fingerprint density at radius 3 is 2.74 bits per heavy atom. The maximum atomic E-state index is 11.9. The van der Waals surface area contributed by atoms with Crippen LogP contribution in [0.5, 0.6) is 0 Å². The number of hydrogen-bond donors (Lipinski definition) is 2. The van der Waals surface area contributed by atoms with Crippen molar-refractivity contribution in [3.05, 3.63) is 0 Å². The van der Waals surface area contributed by atoms with E-state index in [1.807, 2.05) is 0 Å². The molecule has 3 N–H and O–H groups in total. The van der Waals surface area contributed by atoms with Crippen LogP contribution in [0.2, 0.25) is 0 Å². The number of amides is 2. The van der Waals surface area contributed by atoms with E-state index in [9.17, 15) is 14.4 Å². The molecule has 1 unspecified atom stereocenters. The van der Waals surface area contributed by atoms with E-state index < -0.39 is 23.8 Å². The van der Waals surface area contributed by atoms with Crippen molar-refractivity contribution in [1.82, 2.24) is 10.2 Å². The third-order valence-electron chi connectivity index (χ3n) is 2.69. The monoisotopic (exact) mass is 287 g/mol. The lowest BCUT2D eigenvalue weighted by Crippen LogP contribution is -2.49. The summed E-state index contributed by atoms with van der Waals surface area (Å²) in [6.07, 6.45) is 1.17. The van der Waals surface area contributed by atoms with Crippen LogP contribution in [0.25, 0.3) is 0 Å². The molecule has 1 aliphatic heterocycles. The second kappa shape index (κ2) is 7.03. The standard InChI is InChI=1S/C11H17N3O4S/c1-2-18-11(17)7-4-3-5-14(7)10(16)9(15)13-6-8(12)19/h7H,2-6H2,1H3,(H2,12,19)(H,13,15). The van der Waals surface area contributed by atoms with Gasteiger partial charge >= 0.3 is 17.8 Å². The maximum Gasteiger partial charge on any atom is 0.328 e. The number of thiocarbonyl (C=S) groups is 1. The van der Waals surface area contributed by atoms with Gasteiger partial charge in [-0.3, -0.25) is 9.59 Å². The predicted molar refractivity (Wildman–Crippen MR) is 71.2 cm³/mol. The number of nitrogens with zero attached hydrogens (tertiary/aromatic N) is 1. The molecule has 0 aromatic heterocycles. The molecule has 1 atom stereocenters. The average Bonchev–Trinajstić information content (AvgIpc) is 2.84. The summed E-state index contributed by atoms with van der Waals surface area (Å²) >= 11 is 4.60. The van der Waals surface area contributed by atoms with Gasteiger partial charge in [-0.1, -0.05) is 12.2 Å². The van der Waals surface area contributed by atoms with Gasteiger partial charge in [0.2, 0.25) is 0 Å². The zero-order chi connectivity index (χ0) is 14.4. The van der Waals surface area contributed by atoms with Gasteiger partial charge in [0.05, 0.1) is 18.1 Å². The topological polar surface area (TPSA) is 102 Å². The van der Waals surface area contributed by atoms with Gasteiger partial charge in [0.1, 0.15) is 6.04 Å². The molecule has 0 bridgehead atoms. The van der Waals surface area contributed by atoms with Gasteiger partial charge in [0.15, 0.2) is 0 Å². The number of carbonyl (C=O) groups excluding carboxylic acids is 3. The maximum absolute atomic E-state index is 11.9. The van der Waals surface area contributed by atoms with Gasteiger partial charge in [0, 0.05) is 6.54 Å². The van der Waals surface area contributed by atoms with E-state index in [1.165, 1.54) is 4.90 Å². The number of hydrogen-bond acceptors (Lipinski definition) is 5. The second-order valence-corrected chi connectivity index (χ2v) is 4.58. The molecule has 0 radical (unpaired) electrons. The molecular formula is C11H17N3O4S. The summed E-state index contributed by atoms with van der Waals surface area (Å²) in [5.41, 5.74) is 5.23. The lowest BCUT2D eigenvalue weighted by atomic mass is 10.2. The summed E-state index contributed by atoms with van der Waals surface area (Å²) in [5.74, 6) is -2.05. The van der Waals surface area contributed by atoms with E-state index in [1.54, 1.807) is 6.92 Å². The Kier molecular flexibility index (Phi) is 5.68. The van der Waals surface area contributed by atoms with Gasteiger partial charge in [-0.25, -0.2) is 4.79 Å². The minimum Gasteiger partial charge on any atom is -0.464 e. The average molecular weight is 287 g/mol. The molecule has 8 heteroatoms. The SMILES string of the molecule is CCOC(=O)C1CCCN1C(=O)C(=O)NCC(N)=S. The molecule has 106 valence electrons. The highest BCUT2D eigenvalue weighted by Crippen LogP contribution is 2.18. The number of rotatable bonds is 4. The molecule has 0 aliphatic carbocycles. The summed E-state index contributed by atoms with van der Waals surface area (Å²) in [7, 11) is 0. The smallest absolute Gasteiger partial charge is 0.328 e. The molecule has 0 saturated carbocycles. The Hall–Kier alpha value is -1.70. The molecule has 19 heavy (non-hydrogen) atoms. The molecule has 1 fully saturated rings. The van der Waals surface area contributed by atoms with E-state index in [4.69, 9.17) is 10.5 Å². The molecular weight excluding hydrogens is 270 g/mol. The molecule has 2 amide bonds. The fourth-order valence-electron chi connectivity index (χ4n) is 1.87. The van der Waals surface area contributed by atoms with Crippen molar-refractivity contribution in [1.29, 1.82) is 0 Å². The number of ether oxygens (including phenoxy) is 1. The third-order valence-corrected chi connectivity index (χ3v) is 2.83. The Balaban J connectivity index is 2.61. The molecule has 1 rings (SSSR count). The van der Waals surface area contributed by atoms with Gasteiger partial charge < -0.3 is 20.7 Å². The summed E-state index contributed by atoms with van der Waals surface area (Å²) in [5, 5.41) is 2.30. The summed E-state index contributed by atoms with van der Waals surface area (Å²) in [6.45, 7) is 2.25. The van der Waals surface area contributed by atoms with E-state index in [0.717, 1.165) is 0 Å². The van der Waals surface area contributed by atoms with E-state index in [2.05, 4.69) is 17.5 Å². The van der Waals surface area contributed by atoms with Crippen LogP contribution in [-0.4, -0.2) is 53.4 Å². The predicted octanol–water partition coefficient (Wildman–Crippen LogP) is -1.06. The molecule has 0 aromatic carbocycles. The molecule has 1 saturated heterocycles. The van der Waals surface area contributed by atoms with Crippen molar-refractivity contribution < 1.29 is 19.1 Å². The molecule has 1 heterocycles. The second-order valence-electron chi connectivity index (χ2n) is 4.06. The van der Waals surface area contributed by atoms with Gasteiger partial charge in [-0.2, -0.15) is 0 Å². The Morgan fingerprint density at radius 2 is 2.16 bits per heavy atom. The van der Waals surface area contributed by atoms with Gasteiger partial charge in [0.25, 0.3) is 0 Å². The number of esters is 1. The van der Waals surface area contributed by atoms with E-state index in [0.29, 0.717) is 19.4 Å². The van der Waals surface area contributed by atoms with Crippen LogP contribution < -0.4 is 11.1 Å². The van der Waals surface area contributed by atoms with Crippen LogP contribution in [0.15, 0.2) is 0 Å². The van der Waals surface area contributed by atoms with Crippen LogP contribution in [0.1, 0.15) is 19.8 Å². The van der Waals surface area contributed by atoms with Gasteiger partial charge in [-0.05, 0) is 19.8 Å². The quantitative estimate of drug-likeness (QED) is 0.388. The first-order chi connectivity index (χ1) is 8.97. The molecule has 0 spiro atoms. The Labute approximate surface area is 116 Å². The summed E-state index contributed by atoms with van der Waals surface area (Å²) in [6, 6.07) is -0.678. The van der Waals surface area contributed by atoms with Gasteiger partial charge in [-0.15, -0.1) is 0 Å². The molecule has 7 nitrogen and oxygen atoms in total. The van der Waals surface area contributed by atoms with E-state index in [-0.39, 0.29) is 18.1 Å². The fourth-order valence-corrected chi connectivity index (χ4v) is 1.94. The first-order valence-electron chi connectivity index (χ1n) is 6.01. The first kappa shape index (κ1) is 15.4. The first-order valence-corrected chi connectivity index (χ1v) is 6.42. The van der Waals surface area contributed by atoms with Crippen LogP contribution in [0.4, 0.5) is 0 Å². The lowest BCUT2D eigenvalue weighted by Gasteiger charge is -2.22. The van der Waals surface area contributed by atoms with E-state index >= 15 is 0 Å². The number of nitrogens with two attached hydrogens (primary N) is 1. The lowest BCUT2D eigenvalue weighted by molar-refractivity contribution is -0.155.